The lowest BCUT2D eigenvalue weighted by Gasteiger charge is -2.25. The third-order valence-corrected chi connectivity index (χ3v) is 7.25. The van der Waals surface area contributed by atoms with Gasteiger partial charge < -0.3 is 19.5 Å². The van der Waals surface area contributed by atoms with Crippen LogP contribution in [-0.4, -0.2) is 52.6 Å². The van der Waals surface area contributed by atoms with Crippen molar-refractivity contribution in [2.45, 2.75) is 13.0 Å². The molecule has 2 aliphatic heterocycles. The molecule has 0 bridgehead atoms. The molecule has 2 amide bonds. The first-order valence-corrected chi connectivity index (χ1v) is 11.0. The minimum absolute atomic E-state index is 0.0326. The van der Waals surface area contributed by atoms with Gasteiger partial charge in [0.25, 0.3) is 0 Å². The van der Waals surface area contributed by atoms with E-state index in [4.69, 9.17) is 4.74 Å². The van der Waals surface area contributed by atoms with E-state index in [0.29, 0.717) is 39.3 Å². The van der Waals surface area contributed by atoms with Crippen molar-refractivity contribution in [1.82, 2.24) is 19.8 Å². The summed E-state index contributed by atoms with van der Waals surface area (Å²) >= 11 is 1.58. The third kappa shape index (κ3) is 3.20. The van der Waals surface area contributed by atoms with E-state index >= 15 is 0 Å². The number of nitrogens with zero attached hydrogens (tertiary/aromatic N) is 3. The summed E-state index contributed by atoms with van der Waals surface area (Å²) in [5.74, 6) is 0.864. The molecule has 7 nitrogen and oxygen atoms in total. The molecule has 3 aromatic rings. The maximum absolute atomic E-state index is 13.3. The van der Waals surface area contributed by atoms with E-state index < -0.39 is 5.41 Å². The highest BCUT2D eigenvalue weighted by molar-refractivity contribution is 7.10. The monoisotopic (exact) mass is 424 g/mol. The molecule has 2 fully saturated rings. The number of para-hydroxylation sites is 2. The lowest BCUT2D eigenvalue weighted by molar-refractivity contribution is -0.134. The van der Waals surface area contributed by atoms with Crippen molar-refractivity contribution < 1.29 is 14.3 Å². The van der Waals surface area contributed by atoms with Crippen LogP contribution in [0.15, 0.2) is 41.8 Å². The quantitative estimate of drug-likeness (QED) is 0.680. The van der Waals surface area contributed by atoms with Crippen LogP contribution < -0.4 is 5.32 Å². The molecule has 2 atom stereocenters. The van der Waals surface area contributed by atoms with Crippen LogP contribution in [-0.2, 0) is 34.3 Å². The number of amides is 2. The number of carbonyl (C=O) groups excluding carboxylic acids is 2. The van der Waals surface area contributed by atoms with Crippen molar-refractivity contribution >= 4 is 34.2 Å². The zero-order chi connectivity index (χ0) is 20.7. The molecule has 30 heavy (non-hydrogen) atoms. The maximum Gasteiger partial charge on any atom is 0.231 e. The first kappa shape index (κ1) is 19.3. The third-order valence-electron chi connectivity index (χ3n) is 6.37. The number of hydrogen-bond donors (Lipinski definition) is 1. The molecule has 8 heteroatoms. The molecule has 156 valence electrons. The SMILES string of the molecule is Cn1c(CNC(=O)[C@@]23COC[C@@H]2CN(C(=O)Cc2cccs2)C3)nc2ccccc21. The molecule has 2 aliphatic rings. The van der Waals surface area contributed by atoms with Crippen LogP contribution in [0.4, 0.5) is 0 Å². The smallest absolute Gasteiger partial charge is 0.231 e. The van der Waals surface area contributed by atoms with Crippen LogP contribution in [0.1, 0.15) is 10.7 Å². The van der Waals surface area contributed by atoms with E-state index in [0.717, 1.165) is 21.7 Å². The summed E-state index contributed by atoms with van der Waals surface area (Å²) in [6, 6.07) is 11.8. The van der Waals surface area contributed by atoms with Crippen LogP contribution in [0.25, 0.3) is 11.0 Å². The number of benzene rings is 1. The number of fused-ring (bicyclic) bond motifs is 2. The standard InChI is InChI=1S/C22H24N4O3S/c1-25-18-7-3-2-6-17(18)24-19(25)10-23-21(28)22-13-26(11-15(22)12-29-14-22)20(27)9-16-5-4-8-30-16/h2-8,15H,9-14H2,1H3,(H,23,28)/t15-,22-/m0/s1. The maximum atomic E-state index is 13.3. The minimum Gasteiger partial charge on any atom is -0.380 e. The van der Waals surface area contributed by atoms with Gasteiger partial charge in [-0.1, -0.05) is 18.2 Å². The summed E-state index contributed by atoms with van der Waals surface area (Å²) in [4.78, 5) is 33.6. The topological polar surface area (TPSA) is 76.5 Å². The summed E-state index contributed by atoms with van der Waals surface area (Å²) in [7, 11) is 1.96. The van der Waals surface area contributed by atoms with Crippen molar-refractivity contribution in [3.05, 3.63) is 52.5 Å². The zero-order valence-electron chi connectivity index (χ0n) is 16.8. The fraction of sp³-hybridized carbons (Fsp3) is 0.409. The molecule has 1 aromatic carbocycles. The summed E-state index contributed by atoms with van der Waals surface area (Å²) in [6.07, 6.45) is 0.392. The van der Waals surface area contributed by atoms with Gasteiger partial charge in [0.05, 0.1) is 42.6 Å². The van der Waals surface area contributed by atoms with E-state index in [1.54, 1.807) is 11.3 Å². The molecule has 0 unspecified atom stereocenters. The Morgan fingerprint density at radius 3 is 2.97 bits per heavy atom. The summed E-state index contributed by atoms with van der Waals surface area (Å²) in [5.41, 5.74) is 1.28. The lowest BCUT2D eigenvalue weighted by Crippen LogP contribution is -2.47. The van der Waals surface area contributed by atoms with Gasteiger partial charge in [0.2, 0.25) is 11.8 Å². The summed E-state index contributed by atoms with van der Waals surface area (Å²) in [6.45, 7) is 2.21. The first-order valence-electron chi connectivity index (χ1n) is 10.1. The Labute approximate surface area is 178 Å². The van der Waals surface area contributed by atoms with Crippen LogP contribution in [0.2, 0.25) is 0 Å². The first-order chi connectivity index (χ1) is 14.6. The van der Waals surface area contributed by atoms with Gasteiger partial charge >= 0.3 is 0 Å². The summed E-state index contributed by atoms with van der Waals surface area (Å²) < 4.78 is 7.68. The van der Waals surface area contributed by atoms with Crippen LogP contribution >= 0.6 is 11.3 Å². The van der Waals surface area contributed by atoms with Crippen molar-refractivity contribution in [3.8, 4) is 0 Å². The molecular formula is C22H24N4O3S. The van der Waals surface area contributed by atoms with Gasteiger partial charge in [-0.2, -0.15) is 0 Å². The van der Waals surface area contributed by atoms with Gasteiger partial charge in [0, 0.05) is 30.9 Å². The average molecular weight is 425 g/mol. The number of likely N-dealkylation sites (tertiary alicyclic amines) is 1. The Bertz CT molecular complexity index is 1090. The van der Waals surface area contributed by atoms with Gasteiger partial charge in [-0.3, -0.25) is 9.59 Å². The highest BCUT2D eigenvalue weighted by Crippen LogP contribution is 2.42. The van der Waals surface area contributed by atoms with Crippen LogP contribution in [0.5, 0.6) is 0 Å². The number of imidazole rings is 1. The predicted octanol–water partition coefficient (Wildman–Crippen LogP) is 1.97. The van der Waals surface area contributed by atoms with Gasteiger partial charge in [0.15, 0.2) is 0 Å². The van der Waals surface area contributed by atoms with E-state index in [1.807, 2.05) is 58.3 Å². The number of hydrogen-bond acceptors (Lipinski definition) is 5. The Hall–Kier alpha value is -2.71. The average Bonchev–Trinajstić information content (AvgIpc) is 3.50. The van der Waals surface area contributed by atoms with E-state index in [1.165, 1.54) is 0 Å². The number of nitrogens with one attached hydrogen (secondary N) is 1. The second-order valence-corrected chi connectivity index (χ2v) is 9.19. The number of rotatable bonds is 5. The second kappa shape index (κ2) is 7.52. The number of carbonyl (C=O) groups is 2. The van der Waals surface area contributed by atoms with Crippen molar-refractivity contribution in [1.29, 1.82) is 0 Å². The highest BCUT2D eigenvalue weighted by atomic mass is 32.1. The Kier molecular flexibility index (Phi) is 4.83. The molecule has 2 saturated heterocycles. The Balaban J connectivity index is 1.29. The molecule has 5 rings (SSSR count). The molecule has 2 aromatic heterocycles. The lowest BCUT2D eigenvalue weighted by atomic mass is 9.80. The molecule has 4 heterocycles. The van der Waals surface area contributed by atoms with E-state index in [-0.39, 0.29) is 17.7 Å². The van der Waals surface area contributed by atoms with Gasteiger partial charge in [-0.15, -0.1) is 11.3 Å². The Morgan fingerprint density at radius 1 is 1.30 bits per heavy atom. The van der Waals surface area contributed by atoms with Crippen LogP contribution in [0.3, 0.4) is 0 Å². The molecule has 1 N–H and O–H groups in total. The summed E-state index contributed by atoms with van der Waals surface area (Å²) in [5, 5.41) is 5.05. The van der Waals surface area contributed by atoms with E-state index in [9.17, 15) is 9.59 Å². The molecule has 0 radical (unpaired) electrons. The number of thiophene rings is 1. The zero-order valence-corrected chi connectivity index (χ0v) is 17.7. The molecular weight excluding hydrogens is 400 g/mol. The van der Waals surface area contributed by atoms with Crippen molar-refractivity contribution in [2.24, 2.45) is 18.4 Å². The second-order valence-electron chi connectivity index (χ2n) is 8.16. The van der Waals surface area contributed by atoms with Gasteiger partial charge in [-0.05, 0) is 23.6 Å². The fourth-order valence-electron chi connectivity index (χ4n) is 4.61. The van der Waals surface area contributed by atoms with Crippen molar-refractivity contribution in [2.75, 3.05) is 26.3 Å². The predicted molar refractivity (Wildman–Crippen MR) is 114 cm³/mol. The van der Waals surface area contributed by atoms with E-state index in [2.05, 4.69) is 10.3 Å². The fourth-order valence-corrected chi connectivity index (χ4v) is 5.31. The normalized spacial score (nSPS) is 23.1. The van der Waals surface area contributed by atoms with Crippen molar-refractivity contribution in [3.63, 3.8) is 0 Å². The Morgan fingerprint density at radius 2 is 2.17 bits per heavy atom. The molecule has 0 aliphatic carbocycles. The highest BCUT2D eigenvalue weighted by Gasteiger charge is 2.56. The molecule has 0 spiro atoms. The number of aryl methyl sites for hydroxylation is 1. The number of ether oxygens (including phenoxy) is 1. The largest absolute Gasteiger partial charge is 0.380 e. The van der Waals surface area contributed by atoms with Gasteiger partial charge in [0.1, 0.15) is 5.82 Å². The minimum atomic E-state index is -0.671. The van der Waals surface area contributed by atoms with Gasteiger partial charge in [-0.25, -0.2) is 4.98 Å². The molecule has 0 saturated carbocycles. The van der Waals surface area contributed by atoms with Crippen LogP contribution in [0, 0.1) is 11.3 Å². The number of aromatic nitrogens is 2.